The summed E-state index contributed by atoms with van der Waals surface area (Å²) in [6.07, 6.45) is 1.20. The molecule has 1 aromatic carbocycles. The quantitative estimate of drug-likeness (QED) is 0.837. The summed E-state index contributed by atoms with van der Waals surface area (Å²) in [7, 11) is -3.50. The average Bonchev–Trinajstić information content (AvgIpc) is 2.29. The van der Waals surface area contributed by atoms with Crippen LogP contribution in [0.4, 0.5) is 0 Å². The van der Waals surface area contributed by atoms with Crippen LogP contribution in [0.25, 0.3) is 0 Å². The van der Waals surface area contributed by atoms with E-state index in [1.54, 1.807) is 26.0 Å². The SMILES string of the molecule is Cc1ccc(Br)cc1S(=O)(=O)NC(C)CCCO. The lowest BCUT2D eigenvalue weighted by Crippen LogP contribution is -2.33. The van der Waals surface area contributed by atoms with Crippen molar-refractivity contribution in [3.63, 3.8) is 0 Å². The molecule has 0 heterocycles. The van der Waals surface area contributed by atoms with Gasteiger partial charge in [-0.25, -0.2) is 13.1 Å². The third-order valence-corrected chi connectivity index (χ3v) is 4.82. The lowest BCUT2D eigenvalue weighted by atomic mass is 10.2. The molecule has 0 aliphatic heterocycles. The van der Waals surface area contributed by atoms with Gasteiger partial charge in [-0.3, -0.25) is 0 Å². The molecule has 6 heteroatoms. The first-order valence-corrected chi connectivity index (χ1v) is 8.04. The van der Waals surface area contributed by atoms with Crippen molar-refractivity contribution in [2.45, 2.75) is 37.6 Å². The monoisotopic (exact) mass is 335 g/mol. The van der Waals surface area contributed by atoms with Crippen molar-refractivity contribution in [3.05, 3.63) is 28.2 Å². The first kappa shape index (κ1) is 15.6. The fourth-order valence-electron chi connectivity index (χ4n) is 1.65. The van der Waals surface area contributed by atoms with Crippen LogP contribution in [0.3, 0.4) is 0 Å². The largest absolute Gasteiger partial charge is 0.396 e. The molecule has 0 bridgehead atoms. The molecule has 18 heavy (non-hydrogen) atoms. The van der Waals surface area contributed by atoms with Gasteiger partial charge in [-0.1, -0.05) is 22.0 Å². The van der Waals surface area contributed by atoms with Crippen LogP contribution in [0.15, 0.2) is 27.6 Å². The Morgan fingerprint density at radius 1 is 1.44 bits per heavy atom. The van der Waals surface area contributed by atoms with Crippen molar-refractivity contribution < 1.29 is 13.5 Å². The summed E-state index contributed by atoms with van der Waals surface area (Å²) in [4.78, 5) is 0.285. The summed E-state index contributed by atoms with van der Waals surface area (Å²) in [5, 5.41) is 8.73. The number of hydrogen-bond donors (Lipinski definition) is 2. The molecule has 0 aliphatic carbocycles. The summed E-state index contributed by atoms with van der Waals surface area (Å²) >= 11 is 3.27. The molecule has 1 atom stereocenters. The van der Waals surface area contributed by atoms with Crippen molar-refractivity contribution in [2.75, 3.05) is 6.61 Å². The second-order valence-electron chi connectivity index (χ2n) is 4.30. The van der Waals surface area contributed by atoms with Gasteiger partial charge in [0.1, 0.15) is 0 Å². The summed E-state index contributed by atoms with van der Waals surface area (Å²) in [5.41, 5.74) is 0.708. The molecule has 0 fully saturated rings. The standard InChI is InChI=1S/C12H18BrNO3S/c1-9-5-6-11(13)8-12(9)18(16,17)14-10(2)4-3-7-15/h5-6,8,10,14-15H,3-4,7H2,1-2H3. The minimum Gasteiger partial charge on any atom is -0.396 e. The van der Waals surface area contributed by atoms with Gasteiger partial charge in [0.25, 0.3) is 0 Å². The van der Waals surface area contributed by atoms with E-state index in [1.165, 1.54) is 0 Å². The zero-order valence-electron chi connectivity index (χ0n) is 10.5. The lowest BCUT2D eigenvalue weighted by molar-refractivity contribution is 0.279. The third-order valence-electron chi connectivity index (χ3n) is 2.59. The third kappa shape index (κ3) is 4.35. The summed E-state index contributed by atoms with van der Waals surface area (Å²) < 4.78 is 27.7. The second-order valence-corrected chi connectivity index (χ2v) is 6.90. The topological polar surface area (TPSA) is 66.4 Å². The van der Waals surface area contributed by atoms with E-state index in [0.717, 1.165) is 4.47 Å². The van der Waals surface area contributed by atoms with E-state index < -0.39 is 10.0 Å². The van der Waals surface area contributed by atoms with Crippen LogP contribution in [0, 0.1) is 6.92 Å². The van der Waals surface area contributed by atoms with Crippen molar-refractivity contribution in [2.24, 2.45) is 0 Å². The van der Waals surface area contributed by atoms with Gasteiger partial charge in [-0.15, -0.1) is 0 Å². The zero-order valence-corrected chi connectivity index (χ0v) is 12.9. The second kappa shape index (κ2) is 6.65. The molecule has 0 aromatic heterocycles. The summed E-state index contributed by atoms with van der Waals surface area (Å²) in [6, 6.07) is 4.97. The molecule has 2 N–H and O–H groups in total. The van der Waals surface area contributed by atoms with Crippen molar-refractivity contribution in [3.8, 4) is 0 Å². The number of nitrogens with one attached hydrogen (secondary N) is 1. The van der Waals surface area contributed by atoms with Crippen molar-refractivity contribution >= 4 is 26.0 Å². The molecule has 0 amide bonds. The van der Waals surface area contributed by atoms with E-state index >= 15 is 0 Å². The Bertz CT molecular complexity index is 502. The molecule has 1 rings (SSSR count). The summed E-state index contributed by atoms with van der Waals surface area (Å²) in [6.45, 7) is 3.63. The number of benzene rings is 1. The Morgan fingerprint density at radius 3 is 2.72 bits per heavy atom. The molecule has 1 aromatic rings. The smallest absolute Gasteiger partial charge is 0.241 e. The van der Waals surface area contributed by atoms with Crippen LogP contribution in [-0.4, -0.2) is 26.2 Å². The highest BCUT2D eigenvalue weighted by atomic mass is 79.9. The van der Waals surface area contributed by atoms with Gasteiger partial charge in [0.05, 0.1) is 4.90 Å². The Balaban J connectivity index is 2.89. The molecule has 0 radical (unpaired) electrons. The van der Waals surface area contributed by atoms with Gasteiger partial charge >= 0.3 is 0 Å². The highest BCUT2D eigenvalue weighted by Crippen LogP contribution is 2.20. The fourth-order valence-corrected chi connectivity index (χ4v) is 3.71. The van der Waals surface area contributed by atoms with Gasteiger partial charge in [0.2, 0.25) is 10.0 Å². The predicted molar refractivity (Wildman–Crippen MR) is 75.0 cm³/mol. The normalized spacial score (nSPS) is 13.6. The van der Waals surface area contributed by atoms with E-state index in [1.807, 2.05) is 6.07 Å². The van der Waals surface area contributed by atoms with E-state index in [4.69, 9.17) is 5.11 Å². The van der Waals surface area contributed by atoms with Crippen molar-refractivity contribution in [1.29, 1.82) is 0 Å². The van der Waals surface area contributed by atoms with Crippen LogP contribution < -0.4 is 4.72 Å². The first-order chi connectivity index (χ1) is 8.36. The highest BCUT2D eigenvalue weighted by Gasteiger charge is 2.19. The highest BCUT2D eigenvalue weighted by molar-refractivity contribution is 9.10. The Hall–Kier alpha value is -0.430. The van der Waals surface area contributed by atoms with Crippen LogP contribution in [0.1, 0.15) is 25.3 Å². The first-order valence-electron chi connectivity index (χ1n) is 5.76. The minimum atomic E-state index is -3.50. The number of halogens is 1. The van der Waals surface area contributed by atoms with Crippen LogP contribution in [-0.2, 0) is 10.0 Å². The van der Waals surface area contributed by atoms with Crippen LogP contribution in [0.2, 0.25) is 0 Å². The molecular formula is C12H18BrNO3S. The number of sulfonamides is 1. The molecule has 0 aliphatic rings. The molecule has 0 saturated heterocycles. The van der Waals surface area contributed by atoms with Gasteiger partial charge in [0, 0.05) is 17.1 Å². The zero-order chi connectivity index (χ0) is 13.8. The molecular weight excluding hydrogens is 318 g/mol. The molecule has 102 valence electrons. The number of aliphatic hydroxyl groups is 1. The lowest BCUT2D eigenvalue weighted by Gasteiger charge is -2.15. The number of hydrogen-bond acceptors (Lipinski definition) is 3. The molecule has 0 spiro atoms. The van der Waals surface area contributed by atoms with E-state index in [-0.39, 0.29) is 17.5 Å². The summed E-state index contributed by atoms with van der Waals surface area (Å²) in [5.74, 6) is 0. The van der Waals surface area contributed by atoms with E-state index in [0.29, 0.717) is 18.4 Å². The van der Waals surface area contributed by atoms with Gasteiger partial charge < -0.3 is 5.11 Å². The van der Waals surface area contributed by atoms with E-state index in [9.17, 15) is 8.42 Å². The van der Waals surface area contributed by atoms with Gasteiger partial charge in [-0.2, -0.15) is 0 Å². The maximum Gasteiger partial charge on any atom is 0.241 e. The minimum absolute atomic E-state index is 0.0714. The Kier molecular flexibility index (Phi) is 5.78. The number of aryl methyl sites for hydroxylation is 1. The predicted octanol–water partition coefficient (Wildman–Crippen LogP) is 2.20. The number of rotatable bonds is 6. The molecule has 1 unspecified atom stereocenters. The fraction of sp³-hybridized carbons (Fsp3) is 0.500. The van der Waals surface area contributed by atoms with Crippen LogP contribution in [0.5, 0.6) is 0 Å². The Morgan fingerprint density at radius 2 is 2.11 bits per heavy atom. The number of aliphatic hydroxyl groups excluding tert-OH is 1. The maximum atomic E-state index is 12.2. The van der Waals surface area contributed by atoms with Crippen molar-refractivity contribution in [1.82, 2.24) is 4.72 Å². The Labute approximate surface area is 117 Å². The molecule has 4 nitrogen and oxygen atoms in total. The maximum absolute atomic E-state index is 12.2. The van der Waals surface area contributed by atoms with E-state index in [2.05, 4.69) is 20.7 Å². The van der Waals surface area contributed by atoms with Gasteiger partial charge in [-0.05, 0) is 44.4 Å². The van der Waals surface area contributed by atoms with Crippen LogP contribution >= 0.6 is 15.9 Å². The average molecular weight is 336 g/mol. The molecule has 0 saturated carbocycles. The van der Waals surface area contributed by atoms with Gasteiger partial charge in [0.15, 0.2) is 0 Å².